The zero-order valence-corrected chi connectivity index (χ0v) is 12.5. The van der Waals surface area contributed by atoms with Crippen LogP contribution in [0.4, 0.5) is 0 Å². The van der Waals surface area contributed by atoms with E-state index in [-0.39, 0.29) is 0 Å². The Bertz CT molecular complexity index is 737. The molecular weight excluding hydrogens is 286 g/mol. The van der Waals surface area contributed by atoms with Crippen molar-refractivity contribution in [1.82, 2.24) is 14.7 Å². The highest BCUT2D eigenvalue weighted by Crippen LogP contribution is 2.15. The fraction of sp³-hybridized carbons (Fsp3) is 0.188. The topological polar surface area (TPSA) is 38.6 Å². The van der Waals surface area contributed by atoms with Crippen LogP contribution in [0.1, 0.15) is 11.3 Å². The van der Waals surface area contributed by atoms with Gasteiger partial charge in [-0.2, -0.15) is 0 Å². The highest BCUT2D eigenvalue weighted by atomic mass is 35.5. The summed E-state index contributed by atoms with van der Waals surface area (Å²) in [6.45, 7) is 1.29. The third-order valence-corrected chi connectivity index (χ3v) is 3.38. The normalized spacial score (nSPS) is 11.0. The molecule has 1 aromatic carbocycles. The molecule has 21 heavy (non-hydrogen) atoms. The molecule has 0 radical (unpaired) electrons. The van der Waals surface area contributed by atoms with Crippen LogP contribution in [0.5, 0.6) is 5.75 Å². The first kappa shape index (κ1) is 13.9. The van der Waals surface area contributed by atoms with E-state index >= 15 is 0 Å². The van der Waals surface area contributed by atoms with Crippen molar-refractivity contribution in [2.24, 2.45) is 0 Å². The second-order valence-corrected chi connectivity index (χ2v) is 5.24. The highest BCUT2D eigenvalue weighted by Gasteiger charge is 2.03. The molecule has 0 amide bonds. The number of hydrogen-bond donors (Lipinski definition) is 1. The van der Waals surface area contributed by atoms with E-state index in [9.17, 15) is 0 Å². The Morgan fingerprint density at radius 1 is 1.14 bits per heavy atom. The van der Waals surface area contributed by atoms with Crippen molar-refractivity contribution in [2.45, 2.75) is 13.2 Å². The summed E-state index contributed by atoms with van der Waals surface area (Å²) in [7, 11) is 1.93. The Hall–Kier alpha value is -2.04. The Morgan fingerprint density at radius 2 is 1.95 bits per heavy atom. The van der Waals surface area contributed by atoms with Gasteiger partial charge in [0.1, 0.15) is 18.0 Å². The summed E-state index contributed by atoms with van der Waals surface area (Å²) in [6, 6.07) is 11.8. The van der Waals surface area contributed by atoms with Gasteiger partial charge in [-0.3, -0.25) is 0 Å². The molecule has 4 nitrogen and oxygen atoms in total. The quantitative estimate of drug-likeness (QED) is 0.786. The second kappa shape index (κ2) is 6.16. The number of halogens is 1. The summed E-state index contributed by atoms with van der Waals surface area (Å²) < 4.78 is 7.66. The van der Waals surface area contributed by atoms with E-state index in [1.807, 2.05) is 48.1 Å². The lowest BCUT2D eigenvalue weighted by molar-refractivity contribution is 0.302. The van der Waals surface area contributed by atoms with Crippen molar-refractivity contribution in [2.75, 3.05) is 7.05 Å². The molecule has 3 aromatic rings. The van der Waals surface area contributed by atoms with E-state index in [1.54, 1.807) is 0 Å². The Morgan fingerprint density at radius 3 is 2.71 bits per heavy atom. The van der Waals surface area contributed by atoms with Gasteiger partial charge in [-0.1, -0.05) is 23.7 Å². The van der Waals surface area contributed by atoms with Crippen LogP contribution >= 0.6 is 11.6 Å². The fourth-order valence-corrected chi connectivity index (χ4v) is 2.32. The molecule has 0 aliphatic rings. The van der Waals surface area contributed by atoms with Crippen molar-refractivity contribution in [3.63, 3.8) is 0 Å². The maximum Gasteiger partial charge on any atom is 0.137 e. The van der Waals surface area contributed by atoms with Gasteiger partial charge in [-0.05, 0) is 36.9 Å². The first-order valence-corrected chi connectivity index (χ1v) is 7.12. The summed E-state index contributed by atoms with van der Waals surface area (Å²) in [5.74, 6) is 0.838. The number of ether oxygens (including phenoxy) is 1. The van der Waals surface area contributed by atoms with Gasteiger partial charge in [-0.15, -0.1) is 0 Å². The van der Waals surface area contributed by atoms with E-state index in [0.29, 0.717) is 11.6 Å². The standard InChI is InChI=1S/C16H16ClN3O/c1-18-8-12-2-5-15(6-3-12)21-11-14-10-20-9-13(17)4-7-16(20)19-14/h2-7,9-10,18H,8,11H2,1H3. The predicted octanol–water partition coefficient (Wildman–Crippen LogP) is 3.29. The fourth-order valence-electron chi connectivity index (χ4n) is 2.15. The largest absolute Gasteiger partial charge is 0.487 e. The molecule has 0 aliphatic carbocycles. The van der Waals surface area contributed by atoms with Gasteiger partial charge in [-0.25, -0.2) is 4.98 Å². The molecule has 2 heterocycles. The molecule has 0 unspecified atom stereocenters. The van der Waals surface area contributed by atoms with Crippen LogP contribution in [-0.4, -0.2) is 16.4 Å². The van der Waals surface area contributed by atoms with Crippen molar-refractivity contribution in [1.29, 1.82) is 0 Å². The van der Waals surface area contributed by atoms with Crippen molar-refractivity contribution < 1.29 is 4.74 Å². The number of nitrogens with zero attached hydrogens (tertiary/aromatic N) is 2. The molecule has 0 bridgehead atoms. The van der Waals surface area contributed by atoms with Crippen LogP contribution in [0, 0.1) is 0 Å². The van der Waals surface area contributed by atoms with Crippen LogP contribution < -0.4 is 10.1 Å². The third kappa shape index (κ3) is 3.35. The zero-order chi connectivity index (χ0) is 14.7. The molecule has 5 heteroatoms. The smallest absolute Gasteiger partial charge is 0.137 e. The molecule has 3 rings (SSSR count). The average molecular weight is 302 g/mol. The van der Waals surface area contributed by atoms with E-state index in [4.69, 9.17) is 16.3 Å². The second-order valence-electron chi connectivity index (χ2n) is 4.81. The van der Waals surface area contributed by atoms with Crippen molar-refractivity contribution in [3.8, 4) is 5.75 Å². The first-order chi connectivity index (χ1) is 10.2. The number of rotatable bonds is 5. The molecular formula is C16H16ClN3O. The van der Waals surface area contributed by atoms with Gasteiger partial charge in [0.05, 0.1) is 10.7 Å². The minimum absolute atomic E-state index is 0.435. The van der Waals surface area contributed by atoms with Crippen molar-refractivity contribution >= 4 is 17.2 Å². The molecule has 2 aromatic heterocycles. The summed E-state index contributed by atoms with van der Waals surface area (Å²) in [5, 5.41) is 3.80. The van der Waals surface area contributed by atoms with E-state index in [1.165, 1.54) is 5.56 Å². The predicted molar refractivity (Wildman–Crippen MR) is 83.7 cm³/mol. The summed E-state index contributed by atoms with van der Waals surface area (Å²) >= 11 is 5.96. The molecule has 0 saturated carbocycles. The molecule has 0 aliphatic heterocycles. The van der Waals surface area contributed by atoms with Crippen LogP contribution in [0.2, 0.25) is 5.02 Å². The molecule has 1 N–H and O–H groups in total. The van der Waals surface area contributed by atoms with Crippen molar-refractivity contribution in [3.05, 3.63) is 65.1 Å². The zero-order valence-electron chi connectivity index (χ0n) is 11.7. The molecule has 108 valence electrons. The minimum atomic E-state index is 0.435. The molecule has 0 spiro atoms. The summed E-state index contributed by atoms with van der Waals surface area (Å²) in [4.78, 5) is 4.49. The van der Waals surface area contributed by atoms with Crippen LogP contribution in [0.15, 0.2) is 48.8 Å². The highest BCUT2D eigenvalue weighted by molar-refractivity contribution is 6.30. The lowest BCUT2D eigenvalue weighted by atomic mass is 10.2. The van der Waals surface area contributed by atoms with Gasteiger partial charge in [0.2, 0.25) is 0 Å². The Kier molecular flexibility index (Phi) is 4.08. The number of nitrogens with one attached hydrogen (secondary N) is 1. The number of benzene rings is 1. The number of hydrogen-bond acceptors (Lipinski definition) is 3. The Labute approximate surface area is 128 Å². The number of pyridine rings is 1. The minimum Gasteiger partial charge on any atom is -0.487 e. The molecule has 0 fully saturated rings. The maximum atomic E-state index is 5.96. The van der Waals surface area contributed by atoms with Gasteiger partial charge in [0.25, 0.3) is 0 Å². The van der Waals surface area contributed by atoms with Gasteiger partial charge in [0, 0.05) is 18.9 Å². The number of fused-ring (bicyclic) bond motifs is 1. The first-order valence-electron chi connectivity index (χ1n) is 6.74. The van der Waals surface area contributed by atoms with E-state index in [0.717, 1.165) is 23.6 Å². The third-order valence-electron chi connectivity index (χ3n) is 3.16. The van der Waals surface area contributed by atoms with Gasteiger partial charge < -0.3 is 14.5 Å². The van der Waals surface area contributed by atoms with E-state index in [2.05, 4.69) is 22.4 Å². The molecule has 0 atom stereocenters. The lowest BCUT2D eigenvalue weighted by Gasteiger charge is -2.05. The SMILES string of the molecule is CNCc1ccc(OCc2cn3cc(Cl)ccc3n2)cc1. The lowest BCUT2D eigenvalue weighted by Crippen LogP contribution is -2.04. The maximum absolute atomic E-state index is 5.96. The monoisotopic (exact) mass is 301 g/mol. The average Bonchev–Trinajstić information content (AvgIpc) is 2.89. The summed E-state index contributed by atoms with van der Waals surface area (Å²) in [5.41, 5.74) is 2.96. The van der Waals surface area contributed by atoms with Gasteiger partial charge in [0.15, 0.2) is 0 Å². The van der Waals surface area contributed by atoms with Gasteiger partial charge >= 0.3 is 0 Å². The van der Waals surface area contributed by atoms with Crippen LogP contribution in [0.25, 0.3) is 5.65 Å². The number of aromatic nitrogens is 2. The van der Waals surface area contributed by atoms with Crippen LogP contribution in [0.3, 0.4) is 0 Å². The Balaban J connectivity index is 1.68. The molecule has 0 saturated heterocycles. The summed E-state index contributed by atoms with van der Waals surface area (Å²) in [6.07, 6.45) is 3.76. The van der Waals surface area contributed by atoms with E-state index < -0.39 is 0 Å². The van der Waals surface area contributed by atoms with Crippen LogP contribution in [-0.2, 0) is 13.2 Å². The number of imidazole rings is 1.